The molecule has 19 heavy (non-hydrogen) atoms. The summed E-state index contributed by atoms with van der Waals surface area (Å²) in [5.41, 5.74) is 1.44. The fraction of sp³-hybridized carbons (Fsp3) is 0.867. The molecule has 1 nitrogen and oxygen atoms in total. The van der Waals surface area contributed by atoms with E-state index in [1.165, 1.54) is 5.57 Å². The summed E-state index contributed by atoms with van der Waals surface area (Å²) in [7, 11) is 0. The van der Waals surface area contributed by atoms with Crippen LogP contribution in [0.3, 0.4) is 0 Å². The van der Waals surface area contributed by atoms with Crippen LogP contribution in [-0.2, 0) is 0 Å². The van der Waals surface area contributed by atoms with Crippen LogP contribution in [-0.4, -0.2) is 25.7 Å². The van der Waals surface area contributed by atoms with Crippen molar-refractivity contribution in [1.29, 1.82) is 0 Å². The van der Waals surface area contributed by atoms with Gasteiger partial charge in [-0.2, -0.15) is 0 Å². The Morgan fingerprint density at radius 2 is 1.84 bits per heavy atom. The third kappa shape index (κ3) is 2.37. The molecule has 0 amide bonds. The maximum Gasteiger partial charge on any atom is 0.0854 e. The van der Waals surface area contributed by atoms with Crippen molar-refractivity contribution in [3.8, 4) is 0 Å². The van der Waals surface area contributed by atoms with Crippen molar-refractivity contribution in [2.75, 3.05) is 0 Å². The molecular weight excluding hydrogens is 391 g/mol. The molecular formula is C15H23Br2ClO. The number of rotatable bonds is 0. The van der Waals surface area contributed by atoms with Crippen LogP contribution < -0.4 is 0 Å². The molecule has 110 valence electrons. The van der Waals surface area contributed by atoms with Crippen molar-refractivity contribution in [2.45, 2.75) is 67.6 Å². The van der Waals surface area contributed by atoms with Gasteiger partial charge in [-0.1, -0.05) is 57.4 Å². The van der Waals surface area contributed by atoms with E-state index in [0.717, 1.165) is 19.3 Å². The van der Waals surface area contributed by atoms with E-state index in [0.29, 0.717) is 4.83 Å². The Morgan fingerprint density at radius 3 is 2.37 bits per heavy atom. The van der Waals surface area contributed by atoms with E-state index >= 15 is 0 Å². The predicted molar refractivity (Wildman–Crippen MR) is 89.5 cm³/mol. The number of aliphatic hydroxyl groups excluding tert-OH is 1. The van der Waals surface area contributed by atoms with Crippen LogP contribution >= 0.6 is 43.5 Å². The summed E-state index contributed by atoms with van der Waals surface area (Å²) in [5.74, 6) is 0. The van der Waals surface area contributed by atoms with Gasteiger partial charge >= 0.3 is 0 Å². The van der Waals surface area contributed by atoms with Gasteiger partial charge in [-0.15, -0.1) is 11.6 Å². The van der Waals surface area contributed by atoms with Crippen molar-refractivity contribution in [3.63, 3.8) is 0 Å². The smallest absolute Gasteiger partial charge is 0.0854 e. The highest BCUT2D eigenvalue weighted by atomic mass is 79.9. The number of hydrogen-bond donors (Lipinski definition) is 1. The molecule has 1 N–H and O–H groups in total. The third-order valence-corrected chi connectivity index (χ3v) is 9.36. The Kier molecular flexibility index (Phi) is 4.29. The molecule has 2 rings (SSSR count). The first-order valence-corrected chi connectivity index (χ1v) is 9.09. The molecule has 4 heteroatoms. The highest BCUT2D eigenvalue weighted by molar-refractivity contribution is 9.09. The van der Waals surface area contributed by atoms with Gasteiger partial charge in [0, 0.05) is 4.83 Å². The maximum atomic E-state index is 10.2. The summed E-state index contributed by atoms with van der Waals surface area (Å²) >= 11 is 14.1. The fourth-order valence-corrected chi connectivity index (χ4v) is 5.42. The average Bonchev–Trinajstić information content (AvgIpc) is 2.29. The minimum Gasteiger partial charge on any atom is -0.388 e. The van der Waals surface area contributed by atoms with Crippen molar-refractivity contribution in [1.82, 2.24) is 0 Å². The molecule has 0 aromatic carbocycles. The van der Waals surface area contributed by atoms with Crippen LogP contribution in [0.15, 0.2) is 11.6 Å². The van der Waals surface area contributed by atoms with Gasteiger partial charge in [-0.25, -0.2) is 0 Å². The zero-order valence-corrected chi connectivity index (χ0v) is 15.9. The summed E-state index contributed by atoms with van der Waals surface area (Å²) < 4.78 is 0. The second-order valence-corrected chi connectivity index (χ2v) is 9.95. The lowest BCUT2D eigenvalue weighted by Crippen LogP contribution is -2.56. The lowest BCUT2D eigenvalue weighted by Gasteiger charge is -2.59. The van der Waals surface area contributed by atoms with Crippen LogP contribution in [0.5, 0.6) is 0 Å². The van der Waals surface area contributed by atoms with Gasteiger partial charge in [0.2, 0.25) is 0 Å². The Labute approximate surface area is 138 Å². The maximum absolute atomic E-state index is 10.2. The second-order valence-electron chi connectivity index (χ2n) is 7.00. The van der Waals surface area contributed by atoms with Gasteiger partial charge in [0.05, 0.1) is 15.8 Å². The standard InChI is InChI=1S/C15H23Br2ClO/c1-9-7-10(19)12(17)13(2,3)15(9)6-5-14(4,18)11(16)8-15/h7,10-12,19H,5-6,8H2,1-4H3/t10-,11?,12+,14?,15?/m0/s1. The highest BCUT2D eigenvalue weighted by Gasteiger charge is 2.58. The average molecular weight is 415 g/mol. The lowest BCUT2D eigenvalue weighted by atomic mass is 9.50. The Bertz CT molecular complexity index is 405. The zero-order chi connectivity index (χ0) is 14.6. The van der Waals surface area contributed by atoms with Gasteiger partial charge in [0.25, 0.3) is 0 Å². The largest absolute Gasteiger partial charge is 0.388 e. The van der Waals surface area contributed by atoms with Gasteiger partial charge in [-0.05, 0) is 43.9 Å². The molecule has 2 aliphatic rings. The summed E-state index contributed by atoms with van der Waals surface area (Å²) in [6.45, 7) is 8.82. The van der Waals surface area contributed by atoms with Gasteiger partial charge < -0.3 is 5.11 Å². The lowest BCUT2D eigenvalue weighted by molar-refractivity contribution is 0.0124. The third-order valence-electron chi connectivity index (χ3n) is 5.62. The number of alkyl halides is 3. The van der Waals surface area contributed by atoms with E-state index in [1.807, 2.05) is 6.08 Å². The molecule has 1 fully saturated rings. The molecule has 0 heterocycles. The summed E-state index contributed by atoms with van der Waals surface area (Å²) in [6, 6.07) is 0. The second kappa shape index (κ2) is 5.00. The monoisotopic (exact) mass is 412 g/mol. The van der Waals surface area contributed by atoms with Crippen molar-refractivity contribution < 1.29 is 5.11 Å². The topological polar surface area (TPSA) is 20.2 Å². The van der Waals surface area contributed by atoms with E-state index in [9.17, 15) is 5.11 Å². The number of halogens is 3. The quantitative estimate of drug-likeness (QED) is 0.435. The summed E-state index contributed by atoms with van der Waals surface area (Å²) in [5, 5.41) is 10.2. The van der Waals surface area contributed by atoms with Crippen LogP contribution in [0, 0.1) is 10.8 Å². The van der Waals surface area contributed by atoms with Gasteiger partial charge in [-0.3, -0.25) is 0 Å². The molecule has 0 aromatic heterocycles. The molecule has 0 aliphatic heterocycles. The Morgan fingerprint density at radius 1 is 1.26 bits per heavy atom. The van der Waals surface area contributed by atoms with Gasteiger partial charge in [0.1, 0.15) is 0 Å². The molecule has 0 saturated heterocycles. The number of allylic oxidation sites excluding steroid dienone is 1. The molecule has 0 radical (unpaired) electrons. The van der Waals surface area contributed by atoms with Gasteiger partial charge in [0.15, 0.2) is 0 Å². The van der Waals surface area contributed by atoms with Crippen LogP contribution in [0.25, 0.3) is 0 Å². The fourth-order valence-electron chi connectivity index (χ4n) is 3.88. The van der Waals surface area contributed by atoms with E-state index in [-0.39, 0.29) is 20.5 Å². The highest BCUT2D eigenvalue weighted by Crippen LogP contribution is 2.63. The first-order valence-electron chi connectivity index (χ1n) is 6.89. The molecule has 5 atom stereocenters. The molecule has 1 saturated carbocycles. The van der Waals surface area contributed by atoms with Crippen molar-refractivity contribution >= 4 is 43.5 Å². The molecule has 3 unspecified atom stereocenters. The molecule has 0 bridgehead atoms. The predicted octanol–water partition coefficient (Wildman–Crippen LogP) is 5.03. The number of hydrogen-bond acceptors (Lipinski definition) is 1. The van der Waals surface area contributed by atoms with E-state index < -0.39 is 6.10 Å². The summed E-state index contributed by atoms with van der Waals surface area (Å²) in [4.78, 5) is 0.218. The van der Waals surface area contributed by atoms with Crippen LogP contribution in [0.2, 0.25) is 0 Å². The zero-order valence-electron chi connectivity index (χ0n) is 12.0. The summed E-state index contributed by atoms with van der Waals surface area (Å²) in [6.07, 6.45) is 4.73. The van der Waals surface area contributed by atoms with Crippen LogP contribution in [0.4, 0.5) is 0 Å². The molecule has 2 aliphatic carbocycles. The first-order chi connectivity index (χ1) is 8.54. The molecule has 1 spiro atoms. The SMILES string of the molecule is CC1=C[C@H](O)[C@@H](Br)C(C)(C)C12CCC(C)(Cl)C(Br)C2. The van der Waals surface area contributed by atoms with Crippen molar-refractivity contribution in [2.24, 2.45) is 10.8 Å². The van der Waals surface area contributed by atoms with Crippen molar-refractivity contribution in [3.05, 3.63) is 11.6 Å². The minimum atomic E-state index is -0.404. The van der Waals surface area contributed by atoms with Crippen LogP contribution in [0.1, 0.15) is 47.0 Å². The number of aliphatic hydroxyl groups is 1. The van der Waals surface area contributed by atoms with E-state index in [4.69, 9.17) is 11.6 Å². The van der Waals surface area contributed by atoms with E-state index in [1.54, 1.807) is 0 Å². The molecule has 0 aromatic rings. The van der Waals surface area contributed by atoms with E-state index in [2.05, 4.69) is 59.6 Å². The Hall–Kier alpha value is 0.950. The minimum absolute atomic E-state index is 0.00462. The first kappa shape index (κ1) is 16.3. The Balaban J connectivity index is 2.45. The normalized spacial score (nSPS) is 50.1.